The Balaban J connectivity index is 1.98. The molecule has 4 rings (SSSR count). The standard InChI is InChI=1S/C16H11Cl2N5O2/c1-25-8-13-20-16-19-7-9-11(23(16)21-13)5-6-22(15(9)24)12-4-2-3-10(17)14(12)18/h2-7H,8H2,1H3. The summed E-state index contributed by atoms with van der Waals surface area (Å²) in [4.78, 5) is 21.4. The van der Waals surface area contributed by atoms with Crippen molar-refractivity contribution in [3.05, 3.63) is 62.9 Å². The van der Waals surface area contributed by atoms with Gasteiger partial charge in [0.25, 0.3) is 11.3 Å². The third-order valence-corrected chi connectivity index (χ3v) is 4.55. The summed E-state index contributed by atoms with van der Waals surface area (Å²) in [6, 6.07) is 6.88. The third-order valence-electron chi connectivity index (χ3n) is 3.74. The van der Waals surface area contributed by atoms with Crippen molar-refractivity contribution in [3.8, 4) is 5.69 Å². The largest absolute Gasteiger partial charge is 0.377 e. The van der Waals surface area contributed by atoms with E-state index >= 15 is 0 Å². The summed E-state index contributed by atoms with van der Waals surface area (Å²) in [6.45, 7) is 0.264. The van der Waals surface area contributed by atoms with E-state index < -0.39 is 0 Å². The predicted molar refractivity (Wildman–Crippen MR) is 94.6 cm³/mol. The first kappa shape index (κ1) is 16.0. The van der Waals surface area contributed by atoms with Crippen molar-refractivity contribution in [2.75, 3.05) is 7.11 Å². The normalized spacial score (nSPS) is 11.5. The Morgan fingerprint density at radius 3 is 2.88 bits per heavy atom. The Labute approximate surface area is 151 Å². The second-order valence-corrected chi connectivity index (χ2v) is 6.08. The summed E-state index contributed by atoms with van der Waals surface area (Å²) in [5.74, 6) is 0.891. The topological polar surface area (TPSA) is 74.3 Å². The lowest BCUT2D eigenvalue weighted by molar-refractivity contribution is 0.178. The number of nitrogens with zero attached hydrogens (tertiary/aromatic N) is 5. The van der Waals surface area contributed by atoms with Gasteiger partial charge in [-0.05, 0) is 18.2 Å². The summed E-state index contributed by atoms with van der Waals surface area (Å²) in [6.07, 6.45) is 3.10. The number of rotatable bonds is 3. The summed E-state index contributed by atoms with van der Waals surface area (Å²) in [7, 11) is 1.56. The van der Waals surface area contributed by atoms with Crippen molar-refractivity contribution in [3.63, 3.8) is 0 Å². The number of halogens is 2. The molecule has 0 saturated carbocycles. The molecule has 0 aliphatic heterocycles. The van der Waals surface area contributed by atoms with Crippen LogP contribution >= 0.6 is 23.2 Å². The molecule has 0 N–H and O–H groups in total. The molecule has 126 valence electrons. The maximum atomic E-state index is 12.9. The third kappa shape index (κ3) is 2.57. The molecule has 25 heavy (non-hydrogen) atoms. The number of benzene rings is 1. The van der Waals surface area contributed by atoms with Gasteiger partial charge in [0.15, 0.2) is 5.82 Å². The maximum absolute atomic E-state index is 12.9. The Kier molecular flexibility index (Phi) is 3.91. The number of pyridine rings is 1. The monoisotopic (exact) mass is 375 g/mol. The summed E-state index contributed by atoms with van der Waals surface area (Å²) in [5, 5.41) is 5.40. The van der Waals surface area contributed by atoms with Crippen LogP contribution in [0, 0.1) is 0 Å². The fourth-order valence-electron chi connectivity index (χ4n) is 2.62. The van der Waals surface area contributed by atoms with Gasteiger partial charge in [0.2, 0.25) is 0 Å². The van der Waals surface area contributed by atoms with Crippen LogP contribution in [0.1, 0.15) is 5.82 Å². The van der Waals surface area contributed by atoms with Crippen LogP contribution in [0.4, 0.5) is 0 Å². The van der Waals surface area contributed by atoms with Crippen molar-refractivity contribution >= 4 is 39.9 Å². The molecule has 0 amide bonds. The van der Waals surface area contributed by atoms with Crippen LogP contribution in [-0.2, 0) is 11.3 Å². The number of ether oxygens (including phenoxy) is 1. The summed E-state index contributed by atoms with van der Waals surface area (Å²) >= 11 is 12.3. The van der Waals surface area contributed by atoms with Gasteiger partial charge in [0, 0.05) is 19.5 Å². The SMILES string of the molecule is COCc1nc2ncc3c(=O)n(-c4cccc(Cl)c4Cl)ccc3n2n1. The van der Waals surface area contributed by atoms with E-state index in [4.69, 9.17) is 27.9 Å². The molecule has 0 atom stereocenters. The fraction of sp³-hybridized carbons (Fsp3) is 0.125. The molecule has 0 unspecified atom stereocenters. The average molecular weight is 376 g/mol. The zero-order valence-corrected chi connectivity index (χ0v) is 14.5. The Morgan fingerprint density at radius 2 is 2.08 bits per heavy atom. The van der Waals surface area contributed by atoms with Crippen LogP contribution in [0.3, 0.4) is 0 Å². The Hall–Kier alpha value is -2.48. The van der Waals surface area contributed by atoms with E-state index in [1.807, 2.05) is 0 Å². The smallest absolute Gasteiger partial charge is 0.266 e. The molecule has 4 aromatic rings. The maximum Gasteiger partial charge on any atom is 0.266 e. The first-order valence-corrected chi connectivity index (χ1v) is 8.05. The lowest BCUT2D eigenvalue weighted by Gasteiger charge is -2.10. The Morgan fingerprint density at radius 1 is 1.24 bits per heavy atom. The van der Waals surface area contributed by atoms with E-state index in [-0.39, 0.29) is 12.2 Å². The molecule has 3 heterocycles. The second-order valence-electron chi connectivity index (χ2n) is 5.29. The lowest BCUT2D eigenvalue weighted by Crippen LogP contribution is -2.19. The van der Waals surface area contributed by atoms with E-state index in [1.165, 1.54) is 15.3 Å². The van der Waals surface area contributed by atoms with Gasteiger partial charge < -0.3 is 4.74 Å². The highest BCUT2D eigenvalue weighted by Crippen LogP contribution is 2.28. The predicted octanol–water partition coefficient (Wildman–Crippen LogP) is 2.88. The molecular formula is C16H11Cl2N5O2. The van der Waals surface area contributed by atoms with Crippen LogP contribution in [0.25, 0.3) is 22.4 Å². The quantitative estimate of drug-likeness (QED) is 0.550. The van der Waals surface area contributed by atoms with Crippen molar-refractivity contribution in [2.45, 2.75) is 6.61 Å². The molecule has 0 aliphatic carbocycles. The molecule has 0 aliphatic rings. The van der Waals surface area contributed by atoms with E-state index in [2.05, 4.69) is 15.1 Å². The number of hydrogen-bond acceptors (Lipinski definition) is 5. The van der Waals surface area contributed by atoms with Gasteiger partial charge in [0.05, 0.1) is 26.6 Å². The van der Waals surface area contributed by atoms with E-state index in [9.17, 15) is 4.79 Å². The minimum atomic E-state index is -0.278. The second kappa shape index (κ2) is 6.11. The van der Waals surface area contributed by atoms with E-state index in [0.29, 0.717) is 38.2 Å². The molecule has 0 radical (unpaired) electrons. The summed E-state index contributed by atoms with van der Waals surface area (Å²) in [5.41, 5.74) is 0.818. The average Bonchev–Trinajstić information content (AvgIpc) is 3.01. The van der Waals surface area contributed by atoms with Crippen molar-refractivity contribution in [2.24, 2.45) is 0 Å². The van der Waals surface area contributed by atoms with Gasteiger partial charge in [-0.3, -0.25) is 9.36 Å². The van der Waals surface area contributed by atoms with Gasteiger partial charge in [-0.2, -0.15) is 9.50 Å². The van der Waals surface area contributed by atoms with Crippen LogP contribution in [0.2, 0.25) is 10.0 Å². The molecule has 0 spiro atoms. The lowest BCUT2D eigenvalue weighted by atomic mass is 10.2. The number of methoxy groups -OCH3 is 1. The molecule has 7 nitrogen and oxygen atoms in total. The van der Waals surface area contributed by atoms with Crippen LogP contribution in [-0.4, -0.2) is 31.3 Å². The number of aromatic nitrogens is 5. The minimum Gasteiger partial charge on any atom is -0.377 e. The molecular weight excluding hydrogens is 365 g/mol. The van der Waals surface area contributed by atoms with E-state index in [0.717, 1.165) is 0 Å². The van der Waals surface area contributed by atoms with Gasteiger partial charge in [0.1, 0.15) is 6.61 Å². The molecule has 3 aromatic heterocycles. The number of hydrogen-bond donors (Lipinski definition) is 0. The first-order chi connectivity index (χ1) is 12.1. The highest BCUT2D eigenvalue weighted by atomic mass is 35.5. The fourth-order valence-corrected chi connectivity index (χ4v) is 3.01. The van der Waals surface area contributed by atoms with Gasteiger partial charge in [-0.1, -0.05) is 29.3 Å². The Bertz CT molecular complexity index is 1170. The molecule has 9 heteroatoms. The van der Waals surface area contributed by atoms with Crippen LogP contribution in [0.5, 0.6) is 0 Å². The van der Waals surface area contributed by atoms with Gasteiger partial charge in [-0.25, -0.2) is 4.98 Å². The zero-order valence-electron chi connectivity index (χ0n) is 13.0. The minimum absolute atomic E-state index is 0.264. The van der Waals surface area contributed by atoms with Gasteiger partial charge >= 0.3 is 0 Å². The highest BCUT2D eigenvalue weighted by molar-refractivity contribution is 6.43. The van der Waals surface area contributed by atoms with Crippen LogP contribution < -0.4 is 5.56 Å². The highest BCUT2D eigenvalue weighted by Gasteiger charge is 2.14. The van der Waals surface area contributed by atoms with Gasteiger partial charge in [-0.15, -0.1) is 5.10 Å². The van der Waals surface area contributed by atoms with Crippen LogP contribution in [0.15, 0.2) is 41.5 Å². The zero-order chi connectivity index (χ0) is 17.6. The van der Waals surface area contributed by atoms with Crippen molar-refractivity contribution < 1.29 is 4.74 Å². The van der Waals surface area contributed by atoms with E-state index in [1.54, 1.807) is 37.6 Å². The van der Waals surface area contributed by atoms with Crippen molar-refractivity contribution in [1.82, 2.24) is 24.1 Å². The molecule has 0 bridgehead atoms. The number of fused-ring (bicyclic) bond motifs is 3. The first-order valence-electron chi connectivity index (χ1n) is 7.29. The van der Waals surface area contributed by atoms with Crippen molar-refractivity contribution in [1.29, 1.82) is 0 Å². The molecule has 0 fully saturated rings. The summed E-state index contributed by atoms with van der Waals surface area (Å²) < 4.78 is 7.99. The molecule has 1 aromatic carbocycles. The molecule has 0 saturated heterocycles.